The molecule has 1 aliphatic heterocycles. The summed E-state index contributed by atoms with van der Waals surface area (Å²) < 4.78 is 0. The van der Waals surface area contributed by atoms with Crippen molar-refractivity contribution in [1.82, 2.24) is 31.6 Å². The molecule has 44 heavy (non-hydrogen) atoms. The van der Waals surface area contributed by atoms with Crippen molar-refractivity contribution in [2.45, 2.75) is 69.7 Å². The molecule has 2 heterocycles. The summed E-state index contributed by atoms with van der Waals surface area (Å²) in [6, 6.07) is 2.23. The number of fused-ring (bicyclic) bond motifs is 1. The number of H-pyrrole nitrogens is 1. The number of primary amides is 1. The minimum Gasteiger partial charge on any atom is -0.368 e. The number of unbranched alkanes of at least 4 members (excludes halogenated alkanes) is 1. The standard InChI is InChI=1S/C28H40N8O6S2/c1-15-25(39)36-22(24(30)38)13-43-44-14-23(33-16(2)37)28(42)35-21(11-17-12-31-19-8-4-3-7-18(17)19)27(41)34-20(26(40)32-15)9-5-6-10-29/h3-4,7-8,12,15,20-23,31H,5-6,9-11,13-14,29H2,1-2H3,(H2,30,38)(H,32,40)(H,33,37)(H,34,41)(H,35,42)(H,36,39)/t15-,20?,21-,22?,23-/m0/s1. The fraction of sp³-hybridized carbons (Fsp3) is 0.500. The number of carbonyl (C=O) groups excluding carboxylic acids is 6. The predicted octanol–water partition coefficient (Wildman–Crippen LogP) is -0.816. The maximum atomic E-state index is 13.8. The number of nitrogens with two attached hydrogens (primary N) is 2. The molecule has 1 aromatic heterocycles. The Kier molecular flexibility index (Phi) is 13.4. The molecule has 2 unspecified atom stereocenters. The van der Waals surface area contributed by atoms with Crippen molar-refractivity contribution in [3.63, 3.8) is 0 Å². The van der Waals surface area contributed by atoms with Crippen molar-refractivity contribution in [2.75, 3.05) is 18.1 Å². The van der Waals surface area contributed by atoms with E-state index in [4.69, 9.17) is 11.5 Å². The van der Waals surface area contributed by atoms with Crippen molar-refractivity contribution in [3.8, 4) is 0 Å². The summed E-state index contributed by atoms with van der Waals surface area (Å²) in [5.74, 6) is -3.52. The second-order valence-corrected chi connectivity index (χ2v) is 13.0. The van der Waals surface area contributed by atoms with E-state index >= 15 is 0 Å². The highest BCUT2D eigenvalue weighted by molar-refractivity contribution is 8.76. The maximum Gasteiger partial charge on any atom is 0.244 e. The van der Waals surface area contributed by atoms with Gasteiger partial charge in [-0.1, -0.05) is 39.8 Å². The van der Waals surface area contributed by atoms with Gasteiger partial charge in [-0.05, 0) is 44.4 Å². The quantitative estimate of drug-likeness (QED) is 0.132. The molecule has 10 N–H and O–H groups in total. The van der Waals surface area contributed by atoms with E-state index in [2.05, 4.69) is 31.6 Å². The van der Waals surface area contributed by atoms with Gasteiger partial charge in [0.1, 0.15) is 30.2 Å². The molecule has 1 saturated heterocycles. The number of aromatic nitrogens is 1. The van der Waals surface area contributed by atoms with Crippen molar-refractivity contribution in [2.24, 2.45) is 11.5 Å². The number of nitrogens with one attached hydrogen (secondary N) is 6. The molecule has 0 radical (unpaired) electrons. The molecule has 0 aliphatic carbocycles. The molecule has 16 heteroatoms. The van der Waals surface area contributed by atoms with Crippen LogP contribution in [0, 0.1) is 0 Å². The van der Waals surface area contributed by atoms with Gasteiger partial charge in [0.05, 0.1) is 0 Å². The Bertz CT molecular complexity index is 1350. The molecule has 1 aromatic carbocycles. The van der Waals surface area contributed by atoms with Crippen molar-refractivity contribution in [1.29, 1.82) is 0 Å². The second-order valence-electron chi connectivity index (χ2n) is 10.5. The number of aromatic amines is 1. The van der Waals surface area contributed by atoms with Gasteiger partial charge >= 0.3 is 0 Å². The van der Waals surface area contributed by atoms with E-state index in [1.165, 1.54) is 35.4 Å². The van der Waals surface area contributed by atoms with E-state index in [9.17, 15) is 28.8 Å². The van der Waals surface area contributed by atoms with Crippen molar-refractivity contribution in [3.05, 3.63) is 36.0 Å². The summed E-state index contributed by atoms with van der Waals surface area (Å²) in [7, 11) is 2.36. The van der Waals surface area contributed by atoms with E-state index in [1.54, 1.807) is 6.20 Å². The highest BCUT2D eigenvalue weighted by Gasteiger charge is 2.32. The number of para-hydroxylation sites is 1. The largest absolute Gasteiger partial charge is 0.368 e. The SMILES string of the molecule is CC(=O)N[C@H]1CSSCC(C(N)=O)NC(=O)[C@H](C)NC(=O)C(CCCCN)NC(=O)[C@H](Cc2c[nH]c3ccccc23)NC1=O. The summed E-state index contributed by atoms with van der Waals surface area (Å²) in [6.07, 6.45) is 3.18. The van der Waals surface area contributed by atoms with Crippen LogP contribution in [0.5, 0.6) is 0 Å². The Hall–Kier alpha value is -3.76. The van der Waals surface area contributed by atoms with Gasteiger partial charge in [-0.3, -0.25) is 28.8 Å². The van der Waals surface area contributed by atoms with Crippen LogP contribution in [-0.4, -0.2) is 88.7 Å². The second kappa shape index (κ2) is 16.9. The van der Waals surface area contributed by atoms with Crippen LogP contribution in [0.3, 0.4) is 0 Å². The maximum absolute atomic E-state index is 13.8. The van der Waals surface area contributed by atoms with Crippen LogP contribution in [0.1, 0.15) is 38.7 Å². The third-order valence-electron chi connectivity index (χ3n) is 6.97. The van der Waals surface area contributed by atoms with Gasteiger partial charge in [0.15, 0.2) is 0 Å². The van der Waals surface area contributed by atoms with E-state index in [0.29, 0.717) is 19.4 Å². The molecule has 2 aromatic rings. The fourth-order valence-electron chi connectivity index (χ4n) is 4.57. The third kappa shape index (κ3) is 10.2. The lowest BCUT2D eigenvalue weighted by Crippen LogP contribution is -2.59. The molecular weight excluding hydrogens is 608 g/mol. The highest BCUT2D eigenvalue weighted by Crippen LogP contribution is 2.24. The van der Waals surface area contributed by atoms with Gasteiger partial charge in [0.25, 0.3) is 0 Å². The van der Waals surface area contributed by atoms with Crippen LogP contribution in [0.15, 0.2) is 30.5 Å². The number of benzene rings is 1. The Morgan fingerprint density at radius 3 is 2.30 bits per heavy atom. The van der Waals surface area contributed by atoms with Crippen LogP contribution in [0.2, 0.25) is 0 Å². The van der Waals surface area contributed by atoms with E-state index < -0.39 is 65.7 Å². The Labute approximate surface area is 263 Å². The van der Waals surface area contributed by atoms with Crippen LogP contribution in [0.25, 0.3) is 10.9 Å². The Balaban J connectivity index is 1.96. The first-order valence-electron chi connectivity index (χ1n) is 14.3. The zero-order valence-corrected chi connectivity index (χ0v) is 26.3. The van der Waals surface area contributed by atoms with Gasteiger partial charge in [-0.2, -0.15) is 0 Å². The minimum absolute atomic E-state index is 0.0752. The lowest BCUT2D eigenvalue weighted by atomic mass is 10.0. The summed E-state index contributed by atoms with van der Waals surface area (Å²) in [4.78, 5) is 80.6. The van der Waals surface area contributed by atoms with Crippen molar-refractivity contribution < 1.29 is 28.8 Å². The number of rotatable bonds is 8. The zero-order chi connectivity index (χ0) is 32.2. The third-order valence-corrected chi connectivity index (χ3v) is 9.39. The number of amides is 6. The predicted molar refractivity (Wildman–Crippen MR) is 170 cm³/mol. The smallest absolute Gasteiger partial charge is 0.244 e. The molecule has 6 amide bonds. The van der Waals surface area contributed by atoms with Gasteiger partial charge in [-0.15, -0.1) is 0 Å². The van der Waals surface area contributed by atoms with Crippen LogP contribution in [0.4, 0.5) is 0 Å². The molecule has 240 valence electrons. The summed E-state index contributed by atoms with van der Waals surface area (Å²) in [6.45, 7) is 3.11. The Morgan fingerprint density at radius 1 is 0.909 bits per heavy atom. The first kappa shape index (κ1) is 34.7. The van der Waals surface area contributed by atoms with E-state index in [1.807, 2.05) is 24.3 Å². The highest BCUT2D eigenvalue weighted by atomic mass is 33.1. The topological polar surface area (TPSA) is 230 Å². The molecular formula is C28H40N8O6S2. The molecule has 0 spiro atoms. The minimum atomic E-state index is -1.11. The summed E-state index contributed by atoms with van der Waals surface area (Å²) in [5.41, 5.74) is 12.7. The molecule has 5 atom stereocenters. The summed E-state index contributed by atoms with van der Waals surface area (Å²) in [5, 5.41) is 14.1. The van der Waals surface area contributed by atoms with E-state index in [-0.39, 0.29) is 24.3 Å². The van der Waals surface area contributed by atoms with Crippen LogP contribution in [-0.2, 0) is 35.2 Å². The molecule has 14 nitrogen and oxygen atoms in total. The van der Waals surface area contributed by atoms with Crippen LogP contribution < -0.4 is 38.1 Å². The molecule has 1 fully saturated rings. The van der Waals surface area contributed by atoms with Gasteiger partial charge in [0.2, 0.25) is 35.4 Å². The average Bonchev–Trinajstić information content (AvgIpc) is 3.38. The molecule has 0 bridgehead atoms. The van der Waals surface area contributed by atoms with Gasteiger partial charge in [0, 0.05) is 42.0 Å². The van der Waals surface area contributed by atoms with E-state index in [0.717, 1.165) is 16.5 Å². The monoisotopic (exact) mass is 648 g/mol. The number of hydrogen-bond acceptors (Lipinski definition) is 9. The van der Waals surface area contributed by atoms with Crippen LogP contribution >= 0.6 is 21.6 Å². The number of hydrogen-bond donors (Lipinski definition) is 8. The zero-order valence-electron chi connectivity index (χ0n) is 24.6. The summed E-state index contributed by atoms with van der Waals surface area (Å²) >= 11 is 0. The molecule has 3 rings (SSSR count). The average molecular weight is 649 g/mol. The first-order valence-corrected chi connectivity index (χ1v) is 16.8. The lowest BCUT2D eigenvalue weighted by Gasteiger charge is -2.26. The molecule has 0 saturated carbocycles. The normalized spacial score (nSPS) is 24.4. The Morgan fingerprint density at radius 2 is 1.59 bits per heavy atom. The first-order chi connectivity index (χ1) is 21.0. The van der Waals surface area contributed by atoms with Gasteiger partial charge in [-0.25, -0.2) is 0 Å². The molecule has 1 aliphatic rings. The fourth-order valence-corrected chi connectivity index (χ4v) is 6.91. The van der Waals surface area contributed by atoms with Crippen molar-refractivity contribution >= 4 is 67.9 Å². The lowest BCUT2D eigenvalue weighted by molar-refractivity contribution is -0.134. The van der Waals surface area contributed by atoms with Gasteiger partial charge < -0.3 is 43.0 Å². The number of carbonyl (C=O) groups is 6.